The van der Waals surface area contributed by atoms with E-state index >= 15 is 0 Å². The van der Waals surface area contributed by atoms with Gasteiger partial charge in [-0.05, 0) is 42.1 Å². The molecule has 1 amide bonds. The Hall–Kier alpha value is -2.02. The van der Waals surface area contributed by atoms with Gasteiger partial charge < -0.3 is 10.1 Å². The summed E-state index contributed by atoms with van der Waals surface area (Å²) in [7, 11) is 0. The SMILES string of the molecule is O=C(COc1ccc(C(F)(F)F)cc1)NCCc1cccs1. The molecular formula is C15H14F3NO2S. The van der Waals surface area contributed by atoms with Crippen LogP contribution in [0.2, 0.25) is 0 Å². The summed E-state index contributed by atoms with van der Waals surface area (Å²) in [5.74, 6) is -0.0853. The Morgan fingerprint density at radius 3 is 2.50 bits per heavy atom. The predicted molar refractivity (Wildman–Crippen MR) is 78.0 cm³/mol. The zero-order chi connectivity index (χ0) is 16.0. The molecule has 22 heavy (non-hydrogen) atoms. The Bertz CT molecular complexity index is 594. The number of carbonyl (C=O) groups is 1. The van der Waals surface area contributed by atoms with Crippen LogP contribution in [0.5, 0.6) is 5.75 Å². The Labute approximate surface area is 129 Å². The minimum atomic E-state index is -4.38. The van der Waals surface area contributed by atoms with Crippen molar-refractivity contribution in [3.8, 4) is 5.75 Å². The van der Waals surface area contributed by atoms with Gasteiger partial charge in [0, 0.05) is 11.4 Å². The number of halogens is 3. The summed E-state index contributed by atoms with van der Waals surface area (Å²) in [6.07, 6.45) is -3.64. The lowest BCUT2D eigenvalue weighted by molar-refractivity contribution is -0.137. The Kier molecular flexibility index (Phi) is 5.43. The molecule has 2 aromatic rings. The number of thiophene rings is 1. The molecule has 0 saturated heterocycles. The smallest absolute Gasteiger partial charge is 0.416 e. The highest BCUT2D eigenvalue weighted by atomic mass is 32.1. The molecular weight excluding hydrogens is 315 g/mol. The van der Waals surface area contributed by atoms with Gasteiger partial charge in [-0.2, -0.15) is 13.2 Å². The summed E-state index contributed by atoms with van der Waals surface area (Å²) >= 11 is 1.61. The number of hydrogen-bond donors (Lipinski definition) is 1. The van der Waals surface area contributed by atoms with E-state index in [0.717, 1.165) is 18.6 Å². The van der Waals surface area contributed by atoms with Gasteiger partial charge in [-0.1, -0.05) is 6.07 Å². The molecule has 1 aromatic heterocycles. The van der Waals surface area contributed by atoms with Crippen LogP contribution in [0.15, 0.2) is 41.8 Å². The van der Waals surface area contributed by atoms with Gasteiger partial charge in [0.1, 0.15) is 5.75 Å². The Morgan fingerprint density at radius 1 is 1.18 bits per heavy atom. The fourth-order valence-electron chi connectivity index (χ4n) is 1.72. The molecule has 1 N–H and O–H groups in total. The third-order valence-corrected chi connectivity index (χ3v) is 3.76. The first-order valence-corrected chi connectivity index (χ1v) is 7.42. The van der Waals surface area contributed by atoms with Crippen molar-refractivity contribution in [3.05, 3.63) is 52.2 Å². The molecule has 118 valence electrons. The van der Waals surface area contributed by atoms with Crippen molar-refractivity contribution in [3.63, 3.8) is 0 Å². The maximum atomic E-state index is 12.4. The van der Waals surface area contributed by atoms with E-state index in [4.69, 9.17) is 4.74 Å². The molecule has 0 bridgehead atoms. The molecule has 0 unspecified atom stereocenters. The van der Waals surface area contributed by atoms with Gasteiger partial charge in [0.2, 0.25) is 0 Å². The summed E-state index contributed by atoms with van der Waals surface area (Å²) in [4.78, 5) is 12.7. The van der Waals surface area contributed by atoms with Crippen molar-refractivity contribution in [2.45, 2.75) is 12.6 Å². The average molecular weight is 329 g/mol. The molecule has 0 saturated carbocycles. The van der Waals surface area contributed by atoms with Crippen LogP contribution in [-0.2, 0) is 17.4 Å². The zero-order valence-corrected chi connectivity index (χ0v) is 12.3. The van der Waals surface area contributed by atoms with Gasteiger partial charge in [0.05, 0.1) is 5.56 Å². The van der Waals surface area contributed by atoms with E-state index in [-0.39, 0.29) is 18.3 Å². The number of amides is 1. The van der Waals surface area contributed by atoms with Crippen LogP contribution in [0, 0.1) is 0 Å². The number of rotatable bonds is 6. The maximum absolute atomic E-state index is 12.4. The van der Waals surface area contributed by atoms with Crippen LogP contribution in [-0.4, -0.2) is 19.1 Å². The molecule has 0 aliphatic rings. The third-order valence-electron chi connectivity index (χ3n) is 2.83. The van der Waals surface area contributed by atoms with Crippen molar-refractivity contribution in [2.24, 2.45) is 0 Å². The molecule has 0 atom stereocenters. The highest BCUT2D eigenvalue weighted by molar-refractivity contribution is 7.09. The summed E-state index contributed by atoms with van der Waals surface area (Å²) < 4.78 is 42.3. The minimum Gasteiger partial charge on any atom is -0.484 e. The Balaban J connectivity index is 1.71. The quantitative estimate of drug-likeness (QED) is 0.881. The highest BCUT2D eigenvalue weighted by Gasteiger charge is 2.30. The van der Waals surface area contributed by atoms with E-state index in [0.29, 0.717) is 6.54 Å². The predicted octanol–water partition coefficient (Wildman–Crippen LogP) is 3.50. The molecule has 3 nitrogen and oxygen atoms in total. The van der Waals surface area contributed by atoms with Crippen LogP contribution in [0.1, 0.15) is 10.4 Å². The molecule has 7 heteroatoms. The van der Waals surface area contributed by atoms with Gasteiger partial charge in [0.15, 0.2) is 6.61 Å². The zero-order valence-electron chi connectivity index (χ0n) is 11.5. The lowest BCUT2D eigenvalue weighted by atomic mass is 10.2. The first kappa shape index (κ1) is 16.4. The highest BCUT2D eigenvalue weighted by Crippen LogP contribution is 2.30. The van der Waals surface area contributed by atoms with Gasteiger partial charge in [0.25, 0.3) is 5.91 Å². The third kappa shape index (κ3) is 5.07. The molecule has 0 aliphatic heterocycles. The summed E-state index contributed by atoms with van der Waals surface area (Å²) in [6.45, 7) is 0.269. The van der Waals surface area contributed by atoms with Gasteiger partial charge >= 0.3 is 6.18 Å². The maximum Gasteiger partial charge on any atom is 0.416 e. The number of carbonyl (C=O) groups excluding carboxylic acids is 1. The van der Waals surface area contributed by atoms with Crippen LogP contribution in [0.4, 0.5) is 13.2 Å². The van der Waals surface area contributed by atoms with E-state index in [2.05, 4.69) is 5.32 Å². The fraction of sp³-hybridized carbons (Fsp3) is 0.267. The second-order valence-corrected chi connectivity index (χ2v) is 5.52. The molecule has 0 radical (unpaired) electrons. The second kappa shape index (κ2) is 7.31. The number of nitrogens with one attached hydrogen (secondary N) is 1. The van der Waals surface area contributed by atoms with E-state index in [1.807, 2.05) is 17.5 Å². The molecule has 0 aliphatic carbocycles. The number of alkyl halides is 3. The van der Waals surface area contributed by atoms with E-state index < -0.39 is 11.7 Å². The van der Waals surface area contributed by atoms with Gasteiger partial charge in [-0.25, -0.2) is 0 Å². The largest absolute Gasteiger partial charge is 0.484 e. The monoisotopic (exact) mass is 329 g/mol. The second-order valence-electron chi connectivity index (χ2n) is 4.49. The number of ether oxygens (including phenoxy) is 1. The lowest BCUT2D eigenvalue weighted by Gasteiger charge is -2.09. The van der Waals surface area contributed by atoms with Crippen molar-refractivity contribution in [2.75, 3.05) is 13.2 Å². The normalized spacial score (nSPS) is 11.2. The minimum absolute atomic E-state index is 0.224. The molecule has 0 fully saturated rings. The van der Waals surface area contributed by atoms with Crippen molar-refractivity contribution in [1.29, 1.82) is 0 Å². The van der Waals surface area contributed by atoms with Crippen LogP contribution in [0.3, 0.4) is 0 Å². The standard InChI is InChI=1S/C15H14F3NO2S/c16-15(17,18)11-3-5-12(6-4-11)21-10-14(20)19-8-7-13-2-1-9-22-13/h1-6,9H,7-8,10H2,(H,19,20). The van der Waals surface area contributed by atoms with Crippen molar-refractivity contribution in [1.82, 2.24) is 5.32 Å². The average Bonchev–Trinajstić information content (AvgIpc) is 2.98. The summed E-state index contributed by atoms with van der Waals surface area (Å²) in [5, 5.41) is 4.65. The molecule has 2 rings (SSSR count). The van der Waals surface area contributed by atoms with E-state index in [1.165, 1.54) is 17.0 Å². The van der Waals surface area contributed by atoms with Crippen molar-refractivity contribution >= 4 is 17.2 Å². The van der Waals surface area contributed by atoms with Crippen LogP contribution in [0.25, 0.3) is 0 Å². The van der Waals surface area contributed by atoms with Crippen LogP contribution >= 0.6 is 11.3 Å². The topological polar surface area (TPSA) is 38.3 Å². The van der Waals surface area contributed by atoms with Crippen molar-refractivity contribution < 1.29 is 22.7 Å². The van der Waals surface area contributed by atoms with E-state index in [1.54, 1.807) is 11.3 Å². The number of hydrogen-bond acceptors (Lipinski definition) is 3. The Morgan fingerprint density at radius 2 is 1.91 bits per heavy atom. The fourth-order valence-corrected chi connectivity index (χ4v) is 2.43. The molecule has 1 aromatic carbocycles. The lowest BCUT2D eigenvalue weighted by Crippen LogP contribution is -2.30. The van der Waals surface area contributed by atoms with Gasteiger partial charge in [-0.3, -0.25) is 4.79 Å². The first-order chi connectivity index (χ1) is 10.4. The van der Waals surface area contributed by atoms with Gasteiger partial charge in [-0.15, -0.1) is 11.3 Å². The number of benzene rings is 1. The molecule has 0 spiro atoms. The first-order valence-electron chi connectivity index (χ1n) is 6.54. The summed E-state index contributed by atoms with van der Waals surface area (Å²) in [6, 6.07) is 8.16. The summed E-state index contributed by atoms with van der Waals surface area (Å²) in [5.41, 5.74) is -0.750. The van der Waals surface area contributed by atoms with E-state index in [9.17, 15) is 18.0 Å². The molecule has 1 heterocycles. The van der Waals surface area contributed by atoms with Crippen LogP contribution < -0.4 is 10.1 Å².